The van der Waals surface area contributed by atoms with Crippen LogP contribution in [0.4, 0.5) is 19.0 Å². The molecule has 2 aliphatic heterocycles. The number of rotatable bonds is 5. The fourth-order valence-electron chi connectivity index (χ4n) is 2.81. The van der Waals surface area contributed by atoms with Crippen LogP contribution in [-0.4, -0.2) is 76.4 Å². The summed E-state index contributed by atoms with van der Waals surface area (Å²) in [4.78, 5) is 6.93. The van der Waals surface area contributed by atoms with Crippen LogP contribution < -0.4 is 10.6 Å². The summed E-state index contributed by atoms with van der Waals surface area (Å²) in [5.41, 5.74) is -1.33. The number of anilines is 1. The topological polar surface area (TPSA) is 109 Å². The van der Waals surface area contributed by atoms with Gasteiger partial charge in [0.15, 0.2) is 5.69 Å². The summed E-state index contributed by atoms with van der Waals surface area (Å²) < 4.78 is 48.8. The molecule has 8 nitrogen and oxygen atoms in total. The number of aliphatic hydroxyl groups is 2. The second-order valence-electron chi connectivity index (χ2n) is 6.83. The molecule has 2 fully saturated rings. The highest BCUT2D eigenvalue weighted by molar-refractivity contribution is 5.34. The zero-order valence-corrected chi connectivity index (χ0v) is 14.0. The molecule has 2 saturated heterocycles. The molecule has 0 spiro atoms. The number of alkyl halides is 3. The lowest BCUT2D eigenvalue weighted by Gasteiger charge is -2.43. The van der Waals surface area contributed by atoms with Crippen LogP contribution in [-0.2, 0) is 15.7 Å². The third-order valence-corrected chi connectivity index (χ3v) is 4.46. The first kappa shape index (κ1) is 19.2. The molecule has 146 valence electrons. The number of hydrogen-bond acceptors (Lipinski definition) is 8. The predicted octanol–water partition coefficient (Wildman–Crippen LogP) is -0.225. The first-order valence-corrected chi connectivity index (χ1v) is 8.14. The van der Waals surface area contributed by atoms with Gasteiger partial charge in [-0.25, -0.2) is 4.98 Å². The first-order valence-electron chi connectivity index (χ1n) is 8.14. The summed E-state index contributed by atoms with van der Waals surface area (Å²) in [7, 11) is 0. The zero-order valence-electron chi connectivity index (χ0n) is 14.0. The average molecular weight is 378 g/mol. The van der Waals surface area contributed by atoms with Crippen molar-refractivity contribution in [2.24, 2.45) is 0 Å². The lowest BCUT2D eigenvalue weighted by atomic mass is 9.95. The summed E-state index contributed by atoms with van der Waals surface area (Å²) in [5, 5.41) is 26.4. The van der Waals surface area contributed by atoms with Crippen LogP contribution in [0.2, 0.25) is 0 Å². The predicted molar refractivity (Wildman–Crippen MR) is 83.4 cm³/mol. The molecule has 0 aromatic carbocycles. The van der Waals surface area contributed by atoms with Gasteiger partial charge in [-0.15, -0.1) is 0 Å². The van der Waals surface area contributed by atoms with Crippen LogP contribution in [0, 0.1) is 0 Å². The van der Waals surface area contributed by atoms with Gasteiger partial charge in [-0.2, -0.15) is 13.2 Å². The molecule has 0 aliphatic carbocycles. The van der Waals surface area contributed by atoms with Gasteiger partial charge in [0.25, 0.3) is 0 Å². The second-order valence-corrected chi connectivity index (χ2v) is 6.83. The Labute approximate surface area is 147 Å². The van der Waals surface area contributed by atoms with E-state index in [-0.39, 0.29) is 18.0 Å². The maximum Gasteiger partial charge on any atom is 0.434 e. The molecule has 1 aromatic rings. The van der Waals surface area contributed by atoms with Gasteiger partial charge in [-0.05, 0) is 6.92 Å². The van der Waals surface area contributed by atoms with Gasteiger partial charge < -0.3 is 30.3 Å². The van der Waals surface area contributed by atoms with Gasteiger partial charge in [-0.1, -0.05) is 0 Å². The van der Waals surface area contributed by atoms with Gasteiger partial charge >= 0.3 is 6.18 Å². The lowest BCUT2D eigenvalue weighted by Crippen LogP contribution is -2.63. The number of nitrogens with one attached hydrogen (secondary N) is 2. The van der Waals surface area contributed by atoms with Crippen molar-refractivity contribution in [2.75, 3.05) is 31.7 Å². The van der Waals surface area contributed by atoms with E-state index in [1.165, 1.54) is 0 Å². The Bertz CT molecular complexity index is 629. The molecular weight excluding hydrogens is 357 g/mol. The molecule has 11 heteroatoms. The van der Waals surface area contributed by atoms with Crippen LogP contribution in [0.3, 0.4) is 0 Å². The van der Waals surface area contributed by atoms with E-state index in [2.05, 4.69) is 20.6 Å². The van der Waals surface area contributed by atoms with Crippen molar-refractivity contribution in [3.05, 3.63) is 18.1 Å². The molecule has 26 heavy (non-hydrogen) atoms. The highest BCUT2D eigenvalue weighted by Gasteiger charge is 2.41. The van der Waals surface area contributed by atoms with Crippen molar-refractivity contribution in [1.82, 2.24) is 15.3 Å². The van der Waals surface area contributed by atoms with Crippen molar-refractivity contribution >= 4 is 5.82 Å². The van der Waals surface area contributed by atoms with Crippen LogP contribution in [0.5, 0.6) is 0 Å². The Morgan fingerprint density at radius 1 is 1.27 bits per heavy atom. The smallest absolute Gasteiger partial charge is 0.388 e. The lowest BCUT2D eigenvalue weighted by molar-refractivity contribution is -0.145. The molecule has 1 aromatic heterocycles. The van der Waals surface area contributed by atoms with Crippen molar-refractivity contribution in [3.8, 4) is 0 Å². The van der Waals surface area contributed by atoms with Gasteiger partial charge in [0.1, 0.15) is 18.0 Å². The summed E-state index contributed by atoms with van der Waals surface area (Å²) in [5.74, 6) is -0.157. The normalized spacial score (nSPS) is 31.3. The van der Waals surface area contributed by atoms with Crippen molar-refractivity contribution in [2.45, 2.75) is 43.0 Å². The number of nitrogens with zero attached hydrogens (tertiary/aromatic N) is 2. The summed E-state index contributed by atoms with van der Waals surface area (Å²) >= 11 is 0. The number of ether oxygens (including phenoxy) is 2. The molecule has 0 saturated carbocycles. The highest BCUT2D eigenvalue weighted by Crippen LogP contribution is 2.28. The second kappa shape index (κ2) is 7.24. The fraction of sp³-hybridized carbons (Fsp3) is 0.733. The third kappa shape index (κ3) is 4.23. The van der Waals surface area contributed by atoms with Crippen LogP contribution in [0.25, 0.3) is 0 Å². The molecule has 4 atom stereocenters. The first-order chi connectivity index (χ1) is 12.2. The quantitative estimate of drug-likeness (QED) is 0.557. The Morgan fingerprint density at radius 2 is 2.00 bits per heavy atom. The van der Waals surface area contributed by atoms with Crippen LogP contribution >= 0.6 is 0 Å². The van der Waals surface area contributed by atoms with Crippen LogP contribution in [0.1, 0.15) is 12.6 Å². The van der Waals surface area contributed by atoms with Crippen molar-refractivity contribution in [3.63, 3.8) is 0 Å². The van der Waals surface area contributed by atoms with Gasteiger partial charge in [0.05, 0.1) is 49.9 Å². The zero-order chi connectivity index (χ0) is 18.9. The Balaban J connectivity index is 1.58. The minimum atomic E-state index is -4.62. The van der Waals surface area contributed by atoms with Gasteiger partial charge in [0, 0.05) is 6.54 Å². The van der Waals surface area contributed by atoms with Crippen LogP contribution in [0.15, 0.2) is 12.4 Å². The molecule has 3 rings (SSSR count). The van der Waals surface area contributed by atoms with Gasteiger partial charge in [0.2, 0.25) is 0 Å². The van der Waals surface area contributed by atoms with E-state index in [4.69, 9.17) is 9.47 Å². The maximum atomic E-state index is 12.7. The van der Waals surface area contributed by atoms with E-state index in [0.29, 0.717) is 26.0 Å². The summed E-state index contributed by atoms with van der Waals surface area (Å²) in [6, 6.07) is -0.818. The standard InChI is InChI=1S/C15H21F3N4O4/c1-14(6-25-7-14)20-2-9-13(24)12(23)8(5-26-9)21-11-4-19-3-10(22-11)15(16,17)18/h3-4,8-9,12-13,20,23-24H,2,5-7H2,1H3,(H,21,22)/t8-,9+,12?,13?/m0/s1. The minimum Gasteiger partial charge on any atom is -0.388 e. The number of aliphatic hydroxyl groups excluding tert-OH is 2. The molecule has 3 heterocycles. The largest absolute Gasteiger partial charge is 0.434 e. The highest BCUT2D eigenvalue weighted by atomic mass is 19.4. The summed E-state index contributed by atoms with van der Waals surface area (Å²) in [6.45, 7) is 3.39. The fourth-order valence-corrected chi connectivity index (χ4v) is 2.81. The van der Waals surface area contributed by atoms with Crippen molar-refractivity contribution in [1.29, 1.82) is 0 Å². The van der Waals surface area contributed by atoms with E-state index in [0.717, 1.165) is 6.20 Å². The van der Waals surface area contributed by atoms with E-state index in [1.807, 2.05) is 6.92 Å². The maximum absolute atomic E-state index is 12.7. The monoisotopic (exact) mass is 378 g/mol. The van der Waals surface area contributed by atoms with E-state index >= 15 is 0 Å². The Morgan fingerprint density at radius 3 is 2.62 bits per heavy atom. The number of hydrogen-bond donors (Lipinski definition) is 4. The molecule has 0 amide bonds. The Hall–Kier alpha value is -1.53. The minimum absolute atomic E-state index is 0.00425. The van der Waals surface area contributed by atoms with Gasteiger partial charge in [-0.3, -0.25) is 4.98 Å². The average Bonchev–Trinajstić information content (AvgIpc) is 2.56. The molecular formula is C15H21F3N4O4. The van der Waals surface area contributed by atoms with Crippen molar-refractivity contribution < 1.29 is 32.9 Å². The molecule has 2 aliphatic rings. The van der Waals surface area contributed by atoms with E-state index in [1.54, 1.807) is 0 Å². The molecule has 0 radical (unpaired) electrons. The third-order valence-electron chi connectivity index (χ3n) is 4.46. The number of aromatic nitrogens is 2. The molecule has 0 bridgehead atoms. The van der Waals surface area contributed by atoms with E-state index in [9.17, 15) is 23.4 Å². The molecule has 4 N–H and O–H groups in total. The SMILES string of the molecule is CC1(NC[C@H]2OC[C@H](Nc3cncc(C(F)(F)F)n3)C(O)C2O)COC1. The molecule has 2 unspecified atom stereocenters. The van der Waals surface area contributed by atoms with E-state index < -0.39 is 36.2 Å². The Kier molecular flexibility index (Phi) is 5.35. The summed E-state index contributed by atoms with van der Waals surface area (Å²) in [6.07, 6.45) is -5.99. The number of halogens is 3.